The van der Waals surface area contributed by atoms with E-state index in [2.05, 4.69) is 53.6 Å². The van der Waals surface area contributed by atoms with E-state index in [9.17, 15) is 4.79 Å². The largest absolute Gasteiger partial charge is 1.00 e. The van der Waals surface area contributed by atoms with Crippen LogP contribution in [0.25, 0.3) is 5.65 Å². The molecule has 31 heavy (non-hydrogen) atoms. The van der Waals surface area contributed by atoms with Gasteiger partial charge in [0.1, 0.15) is 5.69 Å². The standard InChI is InChI=1S/C15H13N4O2.C7H10NO.K/c1-10-6-7-14-17-13(9-19(14)18-10)15(20)16-11-4-3-5-12(8-11)21-2;1-7(2,3)6-4-5-8-9-6;/h3-4,6-9H,1-2H3,(H,16,20);4H,1-3H3;/q2*-1;+1. The van der Waals surface area contributed by atoms with Gasteiger partial charge in [0, 0.05) is 5.75 Å². The molecule has 156 valence electrons. The summed E-state index contributed by atoms with van der Waals surface area (Å²) >= 11 is 0. The molecule has 0 saturated heterocycles. The number of nitrogens with one attached hydrogen (secondary N) is 1. The first-order valence-electron chi connectivity index (χ1n) is 9.29. The fraction of sp³-hybridized carbons (Fsp3) is 0.273. The normalized spacial score (nSPS) is 10.6. The first kappa shape index (κ1) is 25.2. The second-order valence-electron chi connectivity index (χ2n) is 7.57. The third-order valence-electron chi connectivity index (χ3n) is 4.07. The van der Waals surface area contributed by atoms with E-state index in [1.165, 1.54) is 0 Å². The Hall–Kier alpha value is -2.04. The third kappa shape index (κ3) is 6.98. The van der Waals surface area contributed by atoms with Crippen LogP contribution >= 0.6 is 0 Å². The molecular formula is C22H23KN5O3-. The third-order valence-corrected chi connectivity index (χ3v) is 4.07. The summed E-state index contributed by atoms with van der Waals surface area (Å²) in [6.07, 6.45) is 4.22. The Balaban J connectivity index is 0.000000289. The minimum absolute atomic E-state index is 0. The van der Waals surface area contributed by atoms with Crippen LogP contribution in [0.1, 0.15) is 42.7 Å². The molecule has 0 unspecified atom stereocenters. The topological polar surface area (TPSA) is 94.6 Å². The van der Waals surface area contributed by atoms with E-state index in [1.807, 2.05) is 19.1 Å². The second kappa shape index (κ2) is 11.0. The number of amides is 1. The molecule has 0 fully saturated rings. The van der Waals surface area contributed by atoms with Crippen molar-refractivity contribution in [2.75, 3.05) is 12.4 Å². The summed E-state index contributed by atoms with van der Waals surface area (Å²) in [5.74, 6) is 1.13. The smallest absolute Gasteiger partial charge is 0.523 e. The second-order valence-corrected chi connectivity index (χ2v) is 7.57. The molecule has 0 bridgehead atoms. The Morgan fingerprint density at radius 1 is 1.26 bits per heavy atom. The number of carbonyl (C=O) groups excluding carboxylic acids is 1. The number of aryl methyl sites for hydroxylation is 1. The van der Waals surface area contributed by atoms with Crippen LogP contribution in [0.4, 0.5) is 5.69 Å². The molecule has 3 aromatic heterocycles. The maximum atomic E-state index is 12.2. The number of hydrogen-bond acceptors (Lipinski definition) is 6. The van der Waals surface area contributed by atoms with E-state index in [4.69, 9.17) is 9.26 Å². The summed E-state index contributed by atoms with van der Waals surface area (Å²) in [4.78, 5) is 16.4. The van der Waals surface area contributed by atoms with Gasteiger partial charge in [-0.1, -0.05) is 26.5 Å². The van der Waals surface area contributed by atoms with Gasteiger partial charge in [0.2, 0.25) is 0 Å². The number of ether oxygens (including phenoxy) is 1. The maximum absolute atomic E-state index is 12.2. The van der Waals surface area contributed by atoms with Gasteiger partial charge in [-0.2, -0.15) is 17.2 Å². The molecule has 1 amide bonds. The van der Waals surface area contributed by atoms with Crippen molar-refractivity contribution in [1.29, 1.82) is 0 Å². The van der Waals surface area contributed by atoms with Gasteiger partial charge < -0.3 is 14.6 Å². The van der Waals surface area contributed by atoms with E-state index in [0.717, 1.165) is 11.5 Å². The zero-order chi connectivity index (χ0) is 21.7. The van der Waals surface area contributed by atoms with Gasteiger partial charge in [-0.3, -0.25) is 4.79 Å². The fourth-order valence-corrected chi connectivity index (χ4v) is 2.46. The van der Waals surface area contributed by atoms with E-state index in [1.54, 1.807) is 42.1 Å². The number of anilines is 1. The number of aromatic nitrogens is 4. The fourth-order valence-electron chi connectivity index (χ4n) is 2.46. The molecule has 0 atom stereocenters. The molecule has 1 N–H and O–H groups in total. The van der Waals surface area contributed by atoms with E-state index in [-0.39, 0.29) is 62.7 Å². The first-order valence-corrected chi connectivity index (χ1v) is 9.29. The molecule has 0 aliphatic heterocycles. The molecule has 3 heterocycles. The number of carbonyl (C=O) groups is 1. The van der Waals surface area contributed by atoms with E-state index >= 15 is 0 Å². The summed E-state index contributed by atoms with van der Waals surface area (Å²) in [5, 5.41) is 10.5. The van der Waals surface area contributed by atoms with Crippen molar-refractivity contribution >= 4 is 17.2 Å². The van der Waals surface area contributed by atoms with Gasteiger partial charge >= 0.3 is 51.4 Å². The Morgan fingerprint density at radius 3 is 2.65 bits per heavy atom. The predicted octanol–water partition coefficient (Wildman–Crippen LogP) is 0.875. The number of imidazole rings is 1. The number of nitrogens with zero attached hydrogens (tertiary/aromatic N) is 4. The Morgan fingerprint density at radius 2 is 2.03 bits per heavy atom. The maximum Gasteiger partial charge on any atom is 1.00 e. The van der Waals surface area contributed by atoms with Crippen LogP contribution in [0.5, 0.6) is 5.75 Å². The molecule has 8 nitrogen and oxygen atoms in total. The zero-order valence-electron chi connectivity index (χ0n) is 18.6. The molecule has 0 radical (unpaired) electrons. The van der Waals surface area contributed by atoms with Crippen LogP contribution < -0.4 is 61.4 Å². The number of hydrogen-bond donors (Lipinski definition) is 1. The van der Waals surface area contributed by atoms with Gasteiger partial charge in [-0.15, -0.1) is 24.4 Å². The quantitative estimate of drug-likeness (QED) is 0.372. The summed E-state index contributed by atoms with van der Waals surface area (Å²) in [7, 11) is 1.55. The molecule has 0 aliphatic carbocycles. The summed E-state index contributed by atoms with van der Waals surface area (Å²) in [6.45, 7) is 8.09. The molecular weight excluding hydrogens is 421 g/mol. The van der Waals surface area contributed by atoms with Crippen LogP contribution in [-0.2, 0) is 5.41 Å². The molecule has 4 aromatic rings. The van der Waals surface area contributed by atoms with Gasteiger partial charge in [-0.05, 0) is 30.2 Å². The first-order chi connectivity index (χ1) is 14.3. The zero-order valence-corrected chi connectivity index (χ0v) is 21.7. The Labute approximate surface area is 223 Å². The molecule has 0 aliphatic rings. The number of fused-ring (bicyclic) bond motifs is 1. The van der Waals surface area contributed by atoms with E-state index < -0.39 is 0 Å². The van der Waals surface area contributed by atoms with Crippen LogP contribution in [0.15, 0.2) is 47.1 Å². The summed E-state index contributed by atoms with van der Waals surface area (Å²) in [6, 6.07) is 13.4. The number of methoxy groups -OCH3 is 1. The van der Waals surface area contributed by atoms with Crippen molar-refractivity contribution < 1.29 is 65.4 Å². The summed E-state index contributed by atoms with van der Waals surface area (Å²) < 4.78 is 11.5. The number of benzene rings is 1. The Kier molecular flexibility index (Phi) is 8.96. The average Bonchev–Trinajstić information content (AvgIpc) is 3.38. The van der Waals surface area contributed by atoms with Gasteiger partial charge in [0.15, 0.2) is 5.65 Å². The van der Waals surface area contributed by atoms with Crippen molar-refractivity contribution in [2.45, 2.75) is 33.1 Å². The van der Waals surface area contributed by atoms with Gasteiger partial charge in [-0.25, -0.2) is 14.7 Å². The molecule has 9 heteroatoms. The van der Waals surface area contributed by atoms with Crippen molar-refractivity contribution in [3.05, 3.63) is 72.0 Å². The minimum Gasteiger partial charge on any atom is -0.523 e. The Bertz CT molecular complexity index is 1130. The van der Waals surface area contributed by atoms with Gasteiger partial charge in [0.25, 0.3) is 5.91 Å². The molecule has 4 rings (SSSR count). The summed E-state index contributed by atoms with van der Waals surface area (Å²) in [5.41, 5.74) is 2.48. The van der Waals surface area contributed by atoms with Crippen LogP contribution in [-0.4, -0.2) is 32.8 Å². The van der Waals surface area contributed by atoms with Crippen molar-refractivity contribution in [3.8, 4) is 5.75 Å². The van der Waals surface area contributed by atoms with Crippen molar-refractivity contribution in [1.82, 2.24) is 19.8 Å². The van der Waals surface area contributed by atoms with Gasteiger partial charge in [0.05, 0.1) is 19.0 Å². The molecule has 1 aromatic carbocycles. The molecule has 0 saturated carbocycles. The predicted molar refractivity (Wildman–Crippen MR) is 112 cm³/mol. The SMILES string of the molecule is CC(C)(C)c1c[c-]no1.COc1[c-]ccc(NC(=O)c2cn3nc(C)ccc3n2)c1.[K+]. The average molecular weight is 445 g/mol. The van der Waals surface area contributed by atoms with Crippen molar-refractivity contribution in [3.63, 3.8) is 0 Å². The molecule has 0 spiro atoms. The van der Waals surface area contributed by atoms with E-state index in [0.29, 0.717) is 22.8 Å². The number of rotatable bonds is 3. The van der Waals surface area contributed by atoms with Crippen LogP contribution in [0.3, 0.4) is 0 Å². The minimum atomic E-state index is -0.300. The van der Waals surface area contributed by atoms with Crippen LogP contribution in [0.2, 0.25) is 0 Å². The monoisotopic (exact) mass is 444 g/mol. The van der Waals surface area contributed by atoms with Crippen LogP contribution in [0, 0.1) is 19.2 Å². The van der Waals surface area contributed by atoms with Crippen molar-refractivity contribution in [2.24, 2.45) is 0 Å².